The molecular formula is C18H24BrN3O2S. The van der Waals surface area contributed by atoms with Crippen molar-refractivity contribution in [2.75, 3.05) is 20.2 Å². The number of methoxy groups -OCH3 is 1. The van der Waals surface area contributed by atoms with E-state index >= 15 is 0 Å². The topological polar surface area (TPSA) is 65.9 Å². The van der Waals surface area contributed by atoms with Gasteiger partial charge in [0.15, 0.2) is 5.96 Å². The largest absolute Gasteiger partial charge is 0.496 e. The number of rotatable bonds is 7. The zero-order valence-corrected chi connectivity index (χ0v) is 17.1. The van der Waals surface area contributed by atoms with Crippen LogP contribution in [0, 0.1) is 0 Å². The van der Waals surface area contributed by atoms with Crippen LogP contribution in [0.25, 0.3) is 0 Å². The molecule has 0 radical (unpaired) electrons. The minimum absolute atomic E-state index is 0.381. The molecule has 0 aliphatic heterocycles. The maximum atomic E-state index is 10.6. The van der Waals surface area contributed by atoms with Gasteiger partial charge in [-0.25, -0.2) is 4.99 Å². The zero-order valence-electron chi connectivity index (χ0n) is 14.7. The first kappa shape index (κ1) is 19.8. The number of aliphatic imine (C=N–C) groups is 1. The second kappa shape index (κ2) is 9.22. The van der Waals surface area contributed by atoms with Gasteiger partial charge in [0.1, 0.15) is 11.4 Å². The van der Waals surface area contributed by atoms with Crippen LogP contribution in [0.1, 0.15) is 24.3 Å². The lowest BCUT2D eigenvalue weighted by molar-refractivity contribution is 0.0655. The van der Waals surface area contributed by atoms with Crippen molar-refractivity contribution in [3.05, 3.63) is 50.6 Å². The molecule has 0 aliphatic rings. The molecule has 0 saturated heterocycles. The van der Waals surface area contributed by atoms with E-state index in [4.69, 9.17) is 4.74 Å². The summed E-state index contributed by atoms with van der Waals surface area (Å²) < 4.78 is 6.15. The average molecular weight is 426 g/mol. The number of nitrogens with zero attached hydrogens (tertiary/aromatic N) is 1. The monoisotopic (exact) mass is 425 g/mol. The zero-order chi connectivity index (χ0) is 18.3. The molecule has 5 nitrogen and oxygen atoms in total. The maximum absolute atomic E-state index is 10.6. The maximum Gasteiger partial charge on any atom is 0.191 e. The molecule has 1 aromatic carbocycles. The first-order valence-corrected chi connectivity index (χ1v) is 9.74. The summed E-state index contributed by atoms with van der Waals surface area (Å²) in [5, 5.41) is 19.0. The molecule has 0 amide bonds. The van der Waals surface area contributed by atoms with Gasteiger partial charge in [0.2, 0.25) is 0 Å². The van der Waals surface area contributed by atoms with Gasteiger partial charge in [-0.15, -0.1) is 11.3 Å². The molecule has 0 fully saturated rings. The van der Waals surface area contributed by atoms with Crippen molar-refractivity contribution >= 4 is 33.2 Å². The molecule has 2 rings (SSSR count). The van der Waals surface area contributed by atoms with Crippen LogP contribution in [0.15, 0.2) is 45.2 Å². The van der Waals surface area contributed by atoms with Crippen molar-refractivity contribution < 1.29 is 9.84 Å². The fourth-order valence-electron chi connectivity index (χ4n) is 2.25. The van der Waals surface area contributed by atoms with E-state index < -0.39 is 5.60 Å². The Balaban J connectivity index is 2.02. The highest BCUT2D eigenvalue weighted by Gasteiger charge is 2.24. The summed E-state index contributed by atoms with van der Waals surface area (Å²) in [7, 11) is 1.64. The predicted octanol–water partition coefficient (Wildman–Crippen LogP) is 3.48. The summed E-state index contributed by atoms with van der Waals surface area (Å²) >= 11 is 5.03. The van der Waals surface area contributed by atoms with Gasteiger partial charge in [0.25, 0.3) is 0 Å². The van der Waals surface area contributed by atoms with Gasteiger partial charge in [-0.2, -0.15) is 0 Å². The molecule has 0 bridgehead atoms. The minimum Gasteiger partial charge on any atom is -0.496 e. The fraction of sp³-hybridized carbons (Fsp3) is 0.389. The SMILES string of the molecule is CCNC(=NCc1ccc(OC)c(Br)c1)NCC(C)(O)c1cccs1. The van der Waals surface area contributed by atoms with Crippen LogP contribution in [-0.2, 0) is 12.1 Å². The molecule has 136 valence electrons. The van der Waals surface area contributed by atoms with Crippen molar-refractivity contribution in [1.82, 2.24) is 10.6 Å². The molecule has 1 unspecified atom stereocenters. The first-order valence-electron chi connectivity index (χ1n) is 8.07. The summed E-state index contributed by atoms with van der Waals surface area (Å²) in [4.78, 5) is 5.52. The molecular weight excluding hydrogens is 402 g/mol. The smallest absolute Gasteiger partial charge is 0.191 e. The molecule has 1 aromatic heterocycles. The predicted molar refractivity (Wildman–Crippen MR) is 107 cm³/mol. The molecule has 0 aliphatic carbocycles. The van der Waals surface area contributed by atoms with Gasteiger partial charge in [-0.05, 0) is 58.9 Å². The third kappa shape index (κ3) is 5.73. The molecule has 3 N–H and O–H groups in total. The summed E-state index contributed by atoms with van der Waals surface area (Å²) in [6, 6.07) is 9.77. The number of hydrogen-bond donors (Lipinski definition) is 3. The average Bonchev–Trinajstić information content (AvgIpc) is 3.13. The van der Waals surface area contributed by atoms with E-state index in [-0.39, 0.29) is 0 Å². The van der Waals surface area contributed by atoms with E-state index in [9.17, 15) is 5.11 Å². The van der Waals surface area contributed by atoms with Crippen LogP contribution in [0.4, 0.5) is 0 Å². The first-order chi connectivity index (χ1) is 12.0. The quantitative estimate of drug-likeness (QED) is 0.469. The molecule has 1 atom stereocenters. The van der Waals surface area contributed by atoms with Crippen molar-refractivity contribution in [3.63, 3.8) is 0 Å². The fourth-order valence-corrected chi connectivity index (χ4v) is 3.62. The molecule has 0 spiro atoms. The van der Waals surface area contributed by atoms with E-state index in [1.165, 1.54) is 0 Å². The lowest BCUT2D eigenvalue weighted by Crippen LogP contribution is -2.44. The lowest BCUT2D eigenvalue weighted by atomic mass is 10.1. The number of hydrogen-bond acceptors (Lipinski definition) is 4. The van der Waals surface area contributed by atoms with Crippen molar-refractivity contribution in [2.45, 2.75) is 26.0 Å². The summed E-state index contributed by atoms with van der Waals surface area (Å²) in [6.45, 7) is 5.47. The number of benzene rings is 1. The van der Waals surface area contributed by atoms with E-state index in [0.717, 1.165) is 27.2 Å². The Morgan fingerprint density at radius 2 is 2.16 bits per heavy atom. The van der Waals surface area contributed by atoms with E-state index in [0.29, 0.717) is 19.0 Å². The number of guanidine groups is 1. The van der Waals surface area contributed by atoms with Crippen LogP contribution in [0.2, 0.25) is 0 Å². The van der Waals surface area contributed by atoms with Crippen molar-refractivity contribution in [1.29, 1.82) is 0 Å². The Bertz CT molecular complexity index is 702. The van der Waals surface area contributed by atoms with E-state index in [1.54, 1.807) is 25.4 Å². The van der Waals surface area contributed by atoms with Crippen molar-refractivity contribution in [3.8, 4) is 5.75 Å². The van der Waals surface area contributed by atoms with Gasteiger partial charge >= 0.3 is 0 Å². The second-order valence-corrected chi connectivity index (χ2v) is 7.57. The Kier molecular flexibility index (Phi) is 7.28. The molecule has 2 aromatic rings. The molecule has 7 heteroatoms. The Morgan fingerprint density at radius 3 is 2.76 bits per heavy atom. The third-order valence-electron chi connectivity index (χ3n) is 3.63. The van der Waals surface area contributed by atoms with Crippen LogP contribution in [0.5, 0.6) is 5.75 Å². The van der Waals surface area contributed by atoms with Crippen LogP contribution < -0.4 is 15.4 Å². The second-order valence-electron chi connectivity index (χ2n) is 5.77. The van der Waals surface area contributed by atoms with Gasteiger partial charge < -0.3 is 20.5 Å². The number of ether oxygens (including phenoxy) is 1. The normalized spacial score (nSPS) is 14.0. The van der Waals surface area contributed by atoms with E-state index in [2.05, 4.69) is 31.6 Å². The number of nitrogens with one attached hydrogen (secondary N) is 2. The highest BCUT2D eigenvalue weighted by molar-refractivity contribution is 9.10. The Hall–Kier alpha value is -1.57. The van der Waals surface area contributed by atoms with Gasteiger partial charge in [-0.1, -0.05) is 12.1 Å². The van der Waals surface area contributed by atoms with Gasteiger partial charge in [0, 0.05) is 11.4 Å². The summed E-state index contributed by atoms with van der Waals surface area (Å²) in [5.41, 5.74) is 0.128. The molecule has 1 heterocycles. The number of thiophene rings is 1. The lowest BCUT2D eigenvalue weighted by Gasteiger charge is -2.23. The highest BCUT2D eigenvalue weighted by Crippen LogP contribution is 2.26. The standard InChI is InChI=1S/C18H24BrN3O2S/c1-4-20-17(22-12-18(2,23)16-6-5-9-25-16)21-11-13-7-8-15(24-3)14(19)10-13/h5-10,23H,4,11-12H2,1-3H3,(H2,20,21,22). The number of halogens is 1. The van der Waals surface area contributed by atoms with E-state index in [1.807, 2.05) is 42.6 Å². The number of aliphatic hydroxyl groups is 1. The van der Waals surface area contributed by atoms with Gasteiger partial charge in [0.05, 0.1) is 24.7 Å². The Morgan fingerprint density at radius 1 is 1.36 bits per heavy atom. The summed E-state index contributed by atoms with van der Waals surface area (Å²) in [6.07, 6.45) is 0. The van der Waals surface area contributed by atoms with Crippen LogP contribution >= 0.6 is 27.3 Å². The third-order valence-corrected chi connectivity index (χ3v) is 5.37. The van der Waals surface area contributed by atoms with Crippen LogP contribution in [0.3, 0.4) is 0 Å². The molecule has 0 saturated carbocycles. The van der Waals surface area contributed by atoms with Crippen molar-refractivity contribution in [2.24, 2.45) is 4.99 Å². The summed E-state index contributed by atoms with van der Waals surface area (Å²) in [5.74, 6) is 1.47. The Labute approximate surface area is 161 Å². The highest BCUT2D eigenvalue weighted by atomic mass is 79.9. The minimum atomic E-state index is -0.937. The molecule has 25 heavy (non-hydrogen) atoms. The van der Waals surface area contributed by atoms with Crippen LogP contribution in [-0.4, -0.2) is 31.3 Å². The van der Waals surface area contributed by atoms with Gasteiger partial charge in [-0.3, -0.25) is 0 Å².